The SMILES string of the molecule is COC[C@H](O)CN(C)[C@H]1CCCCc2ccccc21. The van der Waals surface area contributed by atoms with Crippen molar-refractivity contribution in [3.8, 4) is 0 Å². The molecule has 0 bridgehead atoms. The first-order valence-electron chi connectivity index (χ1n) is 7.17. The highest BCUT2D eigenvalue weighted by molar-refractivity contribution is 5.31. The summed E-state index contributed by atoms with van der Waals surface area (Å²) in [7, 11) is 3.73. The molecular weight excluding hydrogens is 238 g/mol. The van der Waals surface area contributed by atoms with E-state index < -0.39 is 6.10 Å². The largest absolute Gasteiger partial charge is 0.389 e. The monoisotopic (exact) mass is 263 g/mol. The fourth-order valence-corrected chi connectivity index (χ4v) is 3.06. The van der Waals surface area contributed by atoms with E-state index in [0.717, 1.165) is 0 Å². The molecule has 0 radical (unpaired) electrons. The van der Waals surface area contributed by atoms with Crippen LogP contribution in [0.5, 0.6) is 0 Å². The van der Waals surface area contributed by atoms with Crippen LogP contribution in [0.15, 0.2) is 24.3 Å². The van der Waals surface area contributed by atoms with Crippen LogP contribution in [0.4, 0.5) is 0 Å². The van der Waals surface area contributed by atoms with Gasteiger partial charge in [0.15, 0.2) is 0 Å². The molecule has 1 N–H and O–H groups in total. The first-order valence-corrected chi connectivity index (χ1v) is 7.17. The molecule has 0 aromatic heterocycles. The topological polar surface area (TPSA) is 32.7 Å². The average molecular weight is 263 g/mol. The van der Waals surface area contributed by atoms with Crippen molar-refractivity contribution in [3.63, 3.8) is 0 Å². The molecule has 0 unspecified atom stereocenters. The van der Waals surface area contributed by atoms with Crippen molar-refractivity contribution in [3.05, 3.63) is 35.4 Å². The van der Waals surface area contributed by atoms with E-state index in [1.165, 1.54) is 36.8 Å². The van der Waals surface area contributed by atoms with Crippen LogP contribution in [0, 0.1) is 0 Å². The maximum Gasteiger partial charge on any atom is 0.0900 e. The molecule has 0 heterocycles. The van der Waals surface area contributed by atoms with Gasteiger partial charge in [-0.3, -0.25) is 4.90 Å². The van der Waals surface area contributed by atoms with Gasteiger partial charge >= 0.3 is 0 Å². The second kappa shape index (κ2) is 7.04. The van der Waals surface area contributed by atoms with Crippen molar-refractivity contribution in [2.75, 3.05) is 27.3 Å². The lowest BCUT2D eigenvalue weighted by Gasteiger charge is -2.30. The summed E-state index contributed by atoms with van der Waals surface area (Å²) in [5.74, 6) is 0. The Bertz CT molecular complexity index is 394. The normalized spacial score (nSPS) is 20.9. The molecule has 2 rings (SSSR count). The van der Waals surface area contributed by atoms with E-state index in [1.54, 1.807) is 7.11 Å². The van der Waals surface area contributed by atoms with Gasteiger partial charge in [-0.1, -0.05) is 30.7 Å². The lowest BCUT2D eigenvalue weighted by molar-refractivity contribution is 0.0330. The Kier molecular flexibility index (Phi) is 5.37. The van der Waals surface area contributed by atoms with E-state index in [2.05, 4.69) is 36.2 Å². The van der Waals surface area contributed by atoms with E-state index in [4.69, 9.17) is 4.74 Å². The quantitative estimate of drug-likeness (QED) is 0.828. The average Bonchev–Trinajstić information content (AvgIpc) is 2.61. The minimum atomic E-state index is -0.412. The molecule has 0 amide bonds. The third kappa shape index (κ3) is 3.78. The standard InChI is InChI=1S/C16H25NO2/c1-17(11-14(18)12-19-2)16-10-6-4-8-13-7-3-5-9-15(13)16/h3,5,7,9,14,16,18H,4,6,8,10-12H2,1-2H3/t14-,16+/m1/s1. The fourth-order valence-electron chi connectivity index (χ4n) is 3.06. The van der Waals surface area contributed by atoms with Gasteiger partial charge in [0.1, 0.15) is 0 Å². The summed E-state index contributed by atoms with van der Waals surface area (Å²) in [5, 5.41) is 9.90. The molecule has 1 aliphatic rings. The van der Waals surface area contributed by atoms with Crippen molar-refractivity contribution in [1.82, 2.24) is 4.90 Å². The lowest BCUT2D eigenvalue weighted by Crippen LogP contribution is -2.34. The molecule has 0 saturated carbocycles. The Hall–Kier alpha value is -0.900. The van der Waals surface area contributed by atoms with Crippen LogP contribution in [0.1, 0.15) is 36.4 Å². The zero-order valence-electron chi connectivity index (χ0n) is 12.0. The van der Waals surface area contributed by atoms with Crippen molar-refractivity contribution >= 4 is 0 Å². The molecule has 0 aliphatic heterocycles. The molecular formula is C16H25NO2. The number of ether oxygens (including phenoxy) is 1. The Morgan fingerprint density at radius 1 is 1.37 bits per heavy atom. The van der Waals surface area contributed by atoms with Gasteiger partial charge < -0.3 is 9.84 Å². The summed E-state index contributed by atoms with van der Waals surface area (Å²) in [6.45, 7) is 1.06. The Labute approximate surface area is 116 Å². The van der Waals surface area contributed by atoms with Crippen LogP contribution in [0.3, 0.4) is 0 Å². The van der Waals surface area contributed by atoms with E-state index in [0.29, 0.717) is 19.2 Å². The number of aliphatic hydroxyl groups is 1. The number of hydrogen-bond acceptors (Lipinski definition) is 3. The fraction of sp³-hybridized carbons (Fsp3) is 0.625. The highest BCUT2D eigenvalue weighted by Gasteiger charge is 2.23. The lowest BCUT2D eigenvalue weighted by atomic mass is 9.98. The highest BCUT2D eigenvalue weighted by atomic mass is 16.5. The molecule has 106 valence electrons. The van der Waals surface area contributed by atoms with Gasteiger partial charge in [0, 0.05) is 19.7 Å². The second-order valence-corrected chi connectivity index (χ2v) is 5.51. The van der Waals surface area contributed by atoms with Gasteiger partial charge in [-0.25, -0.2) is 0 Å². The third-order valence-corrected chi connectivity index (χ3v) is 3.98. The number of benzene rings is 1. The first-order chi connectivity index (χ1) is 9.22. The Balaban J connectivity index is 2.10. The second-order valence-electron chi connectivity index (χ2n) is 5.51. The molecule has 1 aromatic rings. The molecule has 0 fully saturated rings. The number of aliphatic hydroxyl groups excluding tert-OH is 1. The molecule has 1 aliphatic carbocycles. The van der Waals surface area contributed by atoms with Gasteiger partial charge in [0.2, 0.25) is 0 Å². The van der Waals surface area contributed by atoms with Crippen LogP contribution < -0.4 is 0 Å². The highest BCUT2D eigenvalue weighted by Crippen LogP contribution is 2.32. The van der Waals surface area contributed by atoms with Crippen LogP contribution in [-0.2, 0) is 11.2 Å². The van der Waals surface area contributed by atoms with Crippen LogP contribution in [-0.4, -0.2) is 43.4 Å². The van der Waals surface area contributed by atoms with Crippen LogP contribution in [0.25, 0.3) is 0 Å². The number of rotatable bonds is 5. The van der Waals surface area contributed by atoms with E-state index >= 15 is 0 Å². The minimum absolute atomic E-state index is 0.401. The van der Waals surface area contributed by atoms with Gasteiger partial charge in [-0.05, 0) is 37.4 Å². The zero-order chi connectivity index (χ0) is 13.7. The predicted molar refractivity (Wildman–Crippen MR) is 77.3 cm³/mol. The number of hydrogen-bond donors (Lipinski definition) is 1. The molecule has 0 spiro atoms. The van der Waals surface area contributed by atoms with Crippen LogP contribution in [0.2, 0.25) is 0 Å². The summed E-state index contributed by atoms with van der Waals surface area (Å²) in [6, 6.07) is 9.15. The number of nitrogens with zero attached hydrogens (tertiary/aromatic N) is 1. The molecule has 2 atom stereocenters. The zero-order valence-corrected chi connectivity index (χ0v) is 12.0. The van der Waals surface area contributed by atoms with Gasteiger partial charge in [-0.15, -0.1) is 0 Å². The van der Waals surface area contributed by atoms with Crippen molar-refractivity contribution in [2.45, 2.75) is 37.8 Å². The van der Waals surface area contributed by atoms with Crippen molar-refractivity contribution in [1.29, 1.82) is 0 Å². The summed E-state index contributed by atoms with van der Waals surface area (Å²) in [5.41, 5.74) is 2.91. The number of methoxy groups -OCH3 is 1. The van der Waals surface area contributed by atoms with Crippen LogP contribution >= 0.6 is 0 Å². The number of fused-ring (bicyclic) bond motifs is 1. The molecule has 3 heteroatoms. The molecule has 1 aromatic carbocycles. The Morgan fingerprint density at radius 3 is 2.95 bits per heavy atom. The molecule has 19 heavy (non-hydrogen) atoms. The van der Waals surface area contributed by atoms with E-state index in [1.807, 2.05) is 0 Å². The molecule has 3 nitrogen and oxygen atoms in total. The van der Waals surface area contributed by atoms with Gasteiger partial charge in [0.05, 0.1) is 12.7 Å². The van der Waals surface area contributed by atoms with Gasteiger partial charge in [0.25, 0.3) is 0 Å². The van der Waals surface area contributed by atoms with Gasteiger partial charge in [-0.2, -0.15) is 0 Å². The first kappa shape index (κ1) is 14.5. The Morgan fingerprint density at radius 2 is 2.16 bits per heavy atom. The number of aryl methyl sites for hydroxylation is 1. The maximum atomic E-state index is 9.90. The third-order valence-electron chi connectivity index (χ3n) is 3.98. The maximum absolute atomic E-state index is 9.90. The van der Waals surface area contributed by atoms with Crippen molar-refractivity contribution in [2.24, 2.45) is 0 Å². The number of likely N-dealkylation sites (N-methyl/N-ethyl adjacent to an activating group) is 1. The van der Waals surface area contributed by atoms with E-state index in [9.17, 15) is 5.11 Å². The van der Waals surface area contributed by atoms with E-state index in [-0.39, 0.29) is 0 Å². The summed E-state index contributed by atoms with van der Waals surface area (Å²) in [4.78, 5) is 2.27. The summed E-state index contributed by atoms with van der Waals surface area (Å²) < 4.78 is 5.01. The summed E-state index contributed by atoms with van der Waals surface area (Å²) in [6.07, 6.45) is 4.46. The van der Waals surface area contributed by atoms with Crippen molar-refractivity contribution < 1.29 is 9.84 Å². The minimum Gasteiger partial charge on any atom is -0.389 e. The smallest absolute Gasteiger partial charge is 0.0900 e. The summed E-state index contributed by atoms with van der Waals surface area (Å²) >= 11 is 0. The molecule has 0 saturated heterocycles. The predicted octanol–water partition coefficient (Wildman–Crippen LogP) is 2.39.